The molecule has 0 aliphatic rings. The Kier molecular flexibility index (Phi) is 2.25. The average Bonchev–Trinajstić information content (AvgIpc) is 1.85. The first-order valence-electron chi connectivity index (χ1n) is 3.43. The van der Waals surface area contributed by atoms with Crippen LogP contribution in [0.25, 0.3) is 0 Å². The molecule has 0 aliphatic heterocycles. The molecule has 0 spiro atoms. The lowest BCUT2D eigenvalue weighted by Crippen LogP contribution is -2.09. The Morgan fingerprint density at radius 1 is 1.73 bits per heavy atom. The Morgan fingerprint density at radius 3 is 3.00 bits per heavy atom. The van der Waals surface area contributed by atoms with Gasteiger partial charge in [-0.3, -0.25) is 4.79 Å². The van der Waals surface area contributed by atoms with E-state index in [-0.39, 0.29) is 5.56 Å². The smallest absolute Gasteiger partial charge is 0.254 e. The van der Waals surface area contributed by atoms with Crippen LogP contribution in [0, 0.1) is 6.92 Å². The summed E-state index contributed by atoms with van der Waals surface area (Å²) in [5.74, 6) is 0.953. The summed E-state index contributed by atoms with van der Waals surface area (Å²) in [5.41, 5.74) is -0.180. The molecule has 1 aromatic rings. The summed E-state index contributed by atoms with van der Waals surface area (Å²) in [5, 5.41) is 0. The molecule has 1 heterocycles. The van der Waals surface area contributed by atoms with Crippen LogP contribution in [-0.4, -0.2) is 16.6 Å². The Labute approximate surface area is 64.2 Å². The van der Waals surface area contributed by atoms with E-state index in [1.54, 1.807) is 6.92 Å². The van der Waals surface area contributed by atoms with Crippen molar-refractivity contribution < 1.29 is 4.74 Å². The number of hydrogen-bond acceptors (Lipinski definition) is 3. The fourth-order valence-corrected chi connectivity index (χ4v) is 0.774. The second-order valence-corrected chi connectivity index (χ2v) is 2.10. The maximum atomic E-state index is 10.8. The third-order valence-corrected chi connectivity index (χ3v) is 1.13. The van der Waals surface area contributed by atoms with Gasteiger partial charge in [-0.1, -0.05) is 0 Å². The molecule has 4 nitrogen and oxygen atoms in total. The van der Waals surface area contributed by atoms with Gasteiger partial charge in [0.1, 0.15) is 5.82 Å². The summed E-state index contributed by atoms with van der Waals surface area (Å²) < 4.78 is 5.04. The minimum Gasteiger partial charge on any atom is -0.478 e. The molecule has 0 radical (unpaired) electrons. The molecule has 1 N–H and O–H groups in total. The van der Waals surface area contributed by atoms with Crippen LogP contribution in [0.4, 0.5) is 0 Å². The molecule has 1 aromatic heterocycles. The Morgan fingerprint density at radius 2 is 2.45 bits per heavy atom. The lowest BCUT2D eigenvalue weighted by molar-refractivity contribution is 0.325. The predicted molar refractivity (Wildman–Crippen MR) is 40.8 cm³/mol. The molecule has 0 saturated heterocycles. The first-order valence-corrected chi connectivity index (χ1v) is 3.43. The van der Waals surface area contributed by atoms with Crippen molar-refractivity contribution in [3.63, 3.8) is 0 Å². The largest absolute Gasteiger partial charge is 0.478 e. The topological polar surface area (TPSA) is 55.0 Å². The molecule has 1 rings (SSSR count). The van der Waals surface area contributed by atoms with Crippen LogP contribution in [0.2, 0.25) is 0 Å². The maximum absolute atomic E-state index is 10.8. The highest BCUT2D eigenvalue weighted by Crippen LogP contribution is 1.99. The molecular formula is C7H10N2O2. The van der Waals surface area contributed by atoms with E-state index in [1.165, 1.54) is 6.07 Å². The summed E-state index contributed by atoms with van der Waals surface area (Å²) in [6, 6.07) is 1.33. The fourth-order valence-electron chi connectivity index (χ4n) is 0.774. The molecule has 0 unspecified atom stereocenters. The molecule has 0 aliphatic carbocycles. The summed E-state index contributed by atoms with van der Waals surface area (Å²) in [6.07, 6.45) is 0. The van der Waals surface area contributed by atoms with E-state index in [4.69, 9.17) is 4.74 Å². The summed E-state index contributed by atoms with van der Waals surface area (Å²) in [7, 11) is 0. The van der Waals surface area contributed by atoms with E-state index in [0.29, 0.717) is 18.3 Å². The van der Waals surface area contributed by atoms with E-state index in [1.807, 2.05) is 6.92 Å². The zero-order chi connectivity index (χ0) is 8.27. The molecule has 0 fully saturated rings. The van der Waals surface area contributed by atoms with Gasteiger partial charge in [-0.2, -0.15) is 0 Å². The first-order chi connectivity index (χ1) is 5.22. The lowest BCUT2D eigenvalue weighted by atomic mass is 10.5. The van der Waals surface area contributed by atoms with Crippen molar-refractivity contribution in [2.45, 2.75) is 13.8 Å². The van der Waals surface area contributed by atoms with Gasteiger partial charge in [0.05, 0.1) is 12.7 Å². The summed E-state index contributed by atoms with van der Waals surface area (Å²) >= 11 is 0. The van der Waals surface area contributed by atoms with Crippen LogP contribution in [0.3, 0.4) is 0 Å². The number of nitrogens with one attached hydrogen (secondary N) is 1. The normalized spacial score (nSPS) is 9.64. The van der Waals surface area contributed by atoms with Crippen molar-refractivity contribution in [2.24, 2.45) is 0 Å². The number of H-pyrrole nitrogens is 1. The van der Waals surface area contributed by atoms with Crippen LogP contribution in [0.1, 0.15) is 12.7 Å². The van der Waals surface area contributed by atoms with Crippen molar-refractivity contribution in [1.29, 1.82) is 0 Å². The quantitative estimate of drug-likeness (QED) is 0.674. The van der Waals surface area contributed by atoms with E-state index in [0.717, 1.165) is 0 Å². The molecule has 60 valence electrons. The highest BCUT2D eigenvalue weighted by Gasteiger charge is 1.95. The minimum atomic E-state index is -0.180. The zero-order valence-corrected chi connectivity index (χ0v) is 6.55. The SMILES string of the molecule is CCOc1cc(=O)[nH]c(C)n1. The monoisotopic (exact) mass is 154 g/mol. The Bertz CT molecular complexity index is 293. The standard InChI is InChI=1S/C7H10N2O2/c1-3-11-7-4-6(10)8-5(2)9-7/h4H,3H2,1-2H3,(H,8,9,10). The van der Waals surface area contributed by atoms with Gasteiger partial charge in [0, 0.05) is 0 Å². The second-order valence-electron chi connectivity index (χ2n) is 2.10. The van der Waals surface area contributed by atoms with E-state index < -0.39 is 0 Å². The van der Waals surface area contributed by atoms with E-state index in [2.05, 4.69) is 9.97 Å². The van der Waals surface area contributed by atoms with Gasteiger partial charge in [-0.05, 0) is 13.8 Å². The second kappa shape index (κ2) is 3.18. The molecule has 11 heavy (non-hydrogen) atoms. The van der Waals surface area contributed by atoms with Crippen LogP contribution in [0.15, 0.2) is 10.9 Å². The summed E-state index contributed by atoms with van der Waals surface area (Å²) in [6.45, 7) is 4.08. The van der Waals surface area contributed by atoms with Gasteiger partial charge in [-0.15, -0.1) is 0 Å². The van der Waals surface area contributed by atoms with Crippen LogP contribution in [-0.2, 0) is 0 Å². The molecule has 4 heteroatoms. The predicted octanol–water partition coefficient (Wildman–Crippen LogP) is 0.477. The molecule has 0 bridgehead atoms. The van der Waals surface area contributed by atoms with E-state index in [9.17, 15) is 4.79 Å². The van der Waals surface area contributed by atoms with Gasteiger partial charge in [0.2, 0.25) is 5.88 Å². The number of hydrogen-bond donors (Lipinski definition) is 1. The Balaban J connectivity index is 2.99. The van der Waals surface area contributed by atoms with Crippen molar-refractivity contribution in [2.75, 3.05) is 6.61 Å². The van der Waals surface area contributed by atoms with Gasteiger partial charge in [0.15, 0.2) is 0 Å². The lowest BCUT2D eigenvalue weighted by Gasteiger charge is -2.00. The van der Waals surface area contributed by atoms with E-state index >= 15 is 0 Å². The van der Waals surface area contributed by atoms with Gasteiger partial charge in [-0.25, -0.2) is 4.98 Å². The minimum absolute atomic E-state index is 0.180. The molecule has 0 saturated carbocycles. The van der Waals surface area contributed by atoms with Crippen LogP contribution in [0.5, 0.6) is 5.88 Å². The van der Waals surface area contributed by atoms with Crippen LogP contribution < -0.4 is 10.3 Å². The molecule has 0 amide bonds. The molecule has 0 aromatic carbocycles. The summed E-state index contributed by atoms with van der Waals surface area (Å²) in [4.78, 5) is 17.3. The highest BCUT2D eigenvalue weighted by atomic mass is 16.5. The number of nitrogens with zero attached hydrogens (tertiary/aromatic N) is 1. The fraction of sp³-hybridized carbons (Fsp3) is 0.429. The van der Waals surface area contributed by atoms with Crippen molar-refractivity contribution in [3.05, 3.63) is 22.2 Å². The average molecular weight is 154 g/mol. The van der Waals surface area contributed by atoms with Gasteiger partial charge < -0.3 is 9.72 Å². The number of rotatable bonds is 2. The number of aromatic nitrogens is 2. The zero-order valence-electron chi connectivity index (χ0n) is 6.55. The Hall–Kier alpha value is -1.32. The first kappa shape index (κ1) is 7.78. The van der Waals surface area contributed by atoms with Crippen LogP contribution >= 0.6 is 0 Å². The number of aryl methyl sites for hydroxylation is 1. The van der Waals surface area contributed by atoms with Gasteiger partial charge >= 0.3 is 0 Å². The molecular weight excluding hydrogens is 144 g/mol. The van der Waals surface area contributed by atoms with Crippen molar-refractivity contribution in [3.8, 4) is 5.88 Å². The number of ether oxygens (including phenoxy) is 1. The van der Waals surface area contributed by atoms with Crippen molar-refractivity contribution in [1.82, 2.24) is 9.97 Å². The third kappa shape index (κ3) is 2.07. The third-order valence-electron chi connectivity index (χ3n) is 1.13. The highest BCUT2D eigenvalue weighted by molar-refractivity contribution is 5.07. The van der Waals surface area contributed by atoms with Gasteiger partial charge in [0.25, 0.3) is 5.56 Å². The van der Waals surface area contributed by atoms with Crippen molar-refractivity contribution >= 4 is 0 Å². The maximum Gasteiger partial charge on any atom is 0.254 e. The number of aromatic amines is 1. The molecule has 0 atom stereocenters.